The Bertz CT molecular complexity index is 366. The van der Waals surface area contributed by atoms with Crippen LogP contribution in [0.3, 0.4) is 0 Å². The molecule has 0 saturated heterocycles. The Labute approximate surface area is 94.0 Å². The van der Waals surface area contributed by atoms with Crippen LogP contribution in [-0.4, -0.2) is 24.0 Å². The van der Waals surface area contributed by atoms with Gasteiger partial charge in [-0.1, -0.05) is 11.6 Å². The van der Waals surface area contributed by atoms with Crippen LogP contribution < -0.4 is 10.6 Å². The van der Waals surface area contributed by atoms with Crippen LogP contribution in [0.1, 0.15) is 24.3 Å². The Morgan fingerprint density at radius 3 is 2.67 bits per heavy atom. The van der Waals surface area contributed by atoms with Crippen molar-refractivity contribution in [2.24, 2.45) is 0 Å². The minimum atomic E-state index is -0.257. The fourth-order valence-electron chi connectivity index (χ4n) is 1.07. The molecule has 1 aromatic rings. The molecule has 0 aromatic carbocycles. The lowest BCUT2D eigenvalue weighted by atomic mass is 10.3. The molecule has 5 heteroatoms. The number of rotatable bonds is 3. The Morgan fingerprint density at radius 1 is 1.47 bits per heavy atom. The second-order valence-corrected chi connectivity index (χ2v) is 3.81. The van der Waals surface area contributed by atoms with E-state index in [4.69, 9.17) is 11.6 Å². The molecule has 0 aliphatic heterocycles. The molecule has 1 heterocycles. The van der Waals surface area contributed by atoms with Crippen LogP contribution in [0.2, 0.25) is 5.02 Å². The summed E-state index contributed by atoms with van der Waals surface area (Å²) in [6, 6.07) is 3.43. The van der Waals surface area contributed by atoms with Crippen LogP contribution in [0.25, 0.3) is 0 Å². The Hall–Kier alpha value is -1.29. The first kappa shape index (κ1) is 11.8. The first-order chi connectivity index (χ1) is 7.04. The molecule has 15 heavy (non-hydrogen) atoms. The summed E-state index contributed by atoms with van der Waals surface area (Å²) in [7, 11) is 1.74. The van der Waals surface area contributed by atoms with E-state index in [2.05, 4.69) is 15.6 Å². The van der Waals surface area contributed by atoms with E-state index in [-0.39, 0.29) is 17.6 Å². The van der Waals surface area contributed by atoms with Crippen molar-refractivity contribution in [3.63, 3.8) is 0 Å². The largest absolute Gasteiger partial charge is 0.373 e. The third-order valence-corrected chi connectivity index (χ3v) is 2.04. The van der Waals surface area contributed by atoms with Gasteiger partial charge in [0.15, 0.2) is 0 Å². The Kier molecular flexibility index (Phi) is 3.91. The van der Waals surface area contributed by atoms with Crippen molar-refractivity contribution >= 4 is 23.3 Å². The summed E-state index contributed by atoms with van der Waals surface area (Å²) in [6.45, 7) is 3.77. The van der Waals surface area contributed by atoms with E-state index in [1.807, 2.05) is 13.8 Å². The lowest BCUT2D eigenvalue weighted by molar-refractivity contribution is 0.0938. The van der Waals surface area contributed by atoms with Gasteiger partial charge in [-0.15, -0.1) is 0 Å². The highest BCUT2D eigenvalue weighted by Crippen LogP contribution is 2.16. The minimum absolute atomic E-state index is 0.0635. The van der Waals surface area contributed by atoms with E-state index in [0.29, 0.717) is 10.8 Å². The molecular weight excluding hydrogens is 214 g/mol. The van der Waals surface area contributed by atoms with Crippen LogP contribution in [0, 0.1) is 0 Å². The van der Waals surface area contributed by atoms with Crippen molar-refractivity contribution in [2.45, 2.75) is 19.9 Å². The lowest BCUT2D eigenvalue weighted by Crippen LogP contribution is -2.31. The molecule has 1 rings (SSSR count). The van der Waals surface area contributed by atoms with Crippen molar-refractivity contribution in [1.82, 2.24) is 10.3 Å². The number of pyridine rings is 1. The van der Waals surface area contributed by atoms with Gasteiger partial charge in [-0.2, -0.15) is 0 Å². The first-order valence-corrected chi connectivity index (χ1v) is 5.07. The zero-order chi connectivity index (χ0) is 11.4. The molecule has 0 aliphatic carbocycles. The number of amides is 1. The maximum Gasteiger partial charge on any atom is 0.271 e. The van der Waals surface area contributed by atoms with Crippen molar-refractivity contribution in [2.75, 3.05) is 12.4 Å². The van der Waals surface area contributed by atoms with Gasteiger partial charge in [0.25, 0.3) is 5.91 Å². The molecule has 1 aromatic heterocycles. The second kappa shape index (κ2) is 4.98. The van der Waals surface area contributed by atoms with Crippen LogP contribution in [0.5, 0.6) is 0 Å². The third kappa shape index (κ3) is 3.09. The SMILES string of the molecule is CNc1ccc(Cl)c(C(=O)NC(C)C)n1. The van der Waals surface area contributed by atoms with Gasteiger partial charge < -0.3 is 10.6 Å². The van der Waals surface area contributed by atoms with Gasteiger partial charge in [-0.3, -0.25) is 4.79 Å². The predicted molar refractivity (Wildman–Crippen MR) is 61.4 cm³/mol. The molecule has 2 N–H and O–H groups in total. The molecule has 0 unspecified atom stereocenters. The highest BCUT2D eigenvalue weighted by atomic mass is 35.5. The zero-order valence-electron chi connectivity index (χ0n) is 8.97. The van der Waals surface area contributed by atoms with Crippen molar-refractivity contribution in [3.05, 3.63) is 22.8 Å². The summed E-state index contributed by atoms with van der Waals surface area (Å²) >= 11 is 5.88. The van der Waals surface area contributed by atoms with Gasteiger partial charge in [0.2, 0.25) is 0 Å². The number of hydrogen-bond acceptors (Lipinski definition) is 3. The molecule has 0 aliphatic rings. The number of anilines is 1. The van der Waals surface area contributed by atoms with E-state index in [1.54, 1.807) is 19.2 Å². The average molecular weight is 228 g/mol. The molecule has 0 radical (unpaired) electrons. The van der Waals surface area contributed by atoms with Crippen LogP contribution in [0.15, 0.2) is 12.1 Å². The number of halogens is 1. The molecule has 4 nitrogen and oxygen atoms in total. The van der Waals surface area contributed by atoms with Crippen LogP contribution >= 0.6 is 11.6 Å². The molecule has 0 atom stereocenters. The van der Waals surface area contributed by atoms with Gasteiger partial charge in [-0.05, 0) is 26.0 Å². The second-order valence-electron chi connectivity index (χ2n) is 3.41. The maximum absolute atomic E-state index is 11.7. The van der Waals surface area contributed by atoms with Crippen molar-refractivity contribution in [1.29, 1.82) is 0 Å². The molecule has 0 saturated carbocycles. The van der Waals surface area contributed by atoms with Crippen molar-refractivity contribution in [3.8, 4) is 0 Å². The number of nitrogens with one attached hydrogen (secondary N) is 2. The van der Waals surface area contributed by atoms with Gasteiger partial charge in [0.05, 0.1) is 5.02 Å². The molecule has 0 spiro atoms. The van der Waals surface area contributed by atoms with E-state index in [0.717, 1.165) is 0 Å². The summed E-state index contributed by atoms with van der Waals surface area (Å²) < 4.78 is 0. The summed E-state index contributed by atoms with van der Waals surface area (Å²) in [6.07, 6.45) is 0. The number of hydrogen-bond donors (Lipinski definition) is 2. The number of nitrogens with zero attached hydrogens (tertiary/aromatic N) is 1. The Balaban J connectivity index is 2.96. The molecule has 1 amide bonds. The first-order valence-electron chi connectivity index (χ1n) is 4.69. The summed E-state index contributed by atoms with van der Waals surface area (Å²) in [5.41, 5.74) is 0.247. The Morgan fingerprint density at radius 2 is 2.13 bits per heavy atom. The third-order valence-electron chi connectivity index (χ3n) is 1.74. The van der Waals surface area contributed by atoms with E-state index in [9.17, 15) is 4.79 Å². The maximum atomic E-state index is 11.7. The average Bonchev–Trinajstić information content (AvgIpc) is 2.17. The van der Waals surface area contributed by atoms with Gasteiger partial charge >= 0.3 is 0 Å². The van der Waals surface area contributed by atoms with E-state index >= 15 is 0 Å². The quantitative estimate of drug-likeness (QED) is 0.830. The van der Waals surface area contributed by atoms with Gasteiger partial charge in [0.1, 0.15) is 11.5 Å². The zero-order valence-corrected chi connectivity index (χ0v) is 9.72. The summed E-state index contributed by atoms with van der Waals surface area (Å²) in [4.78, 5) is 15.7. The summed E-state index contributed by atoms with van der Waals surface area (Å²) in [5.74, 6) is 0.361. The monoisotopic (exact) mass is 227 g/mol. The normalized spacial score (nSPS) is 10.2. The van der Waals surface area contributed by atoms with Crippen LogP contribution in [-0.2, 0) is 0 Å². The van der Waals surface area contributed by atoms with E-state index < -0.39 is 0 Å². The minimum Gasteiger partial charge on any atom is -0.373 e. The lowest BCUT2D eigenvalue weighted by Gasteiger charge is -2.09. The number of carbonyl (C=O) groups is 1. The molecule has 82 valence electrons. The van der Waals surface area contributed by atoms with Gasteiger partial charge in [-0.25, -0.2) is 4.98 Å². The van der Waals surface area contributed by atoms with Crippen LogP contribution in [0.4, 0.5) is 5.82 Å². The smallest absolute Gasteiger partial charge is 0.271 e. The highest BCUT2D eigenvalue weighted by Gasteiger charge is 2.13. The highest BCUT2D eigenvalue weighted by molar-refractivity contribution is 6.33. The number of aromatic nitrogens is 1. The molecule has 0 bridgehead atoms. The fraction of sp³-hybridized carbons (Fsp3) is 0.400. The summed E-state index contributed by atoms with van der Waals surface area (Å²) in [5, 5.41) is 5.94. The van der Waals surface area contributed by atoms with E-state index in [1.165, 1.54) is 0 Å². The predicted octanol–water partition coefficient (Wildman–Crippen LogP) is 1.91. The number of carbonyl (C=O) groups excluding carboxylic acids is 1. The molecular formula is C10H14ClN3O. The van der Waals surface area contributed by atoms with Gasteiger partial charge in [0, 0.05) is 13.1 Å². The molecule has 0 fully saturated rings. The fourth-order valence-corrected chi connectivity index (χ4v) is 1.26. The topological polar surface area (TPSA) is 54.0 Å². The van der Waals surface area contributed by atoms with Crippen molar-refractivity contribution < 1.29 is 4.79 Å². The standard InChI is InChI=1S/C10H14ClN3O/c1-6(2)13-10(15)9-7(11)4-5-8(12-3)14-9/h4-6H,1-3H3,(H,12,14)(H,13,15).